The monoisotopic (exact) mass is 490 g/mol. The number of hydrogen-bond donors (Lipinski definition) is 1. The van der Waals surface area contributed by atoms with E-state index in [1.54, 1.807) is 18.9 Å². The number of fused-ring (bicyclic) bond motifs is 1. The van der Waals surface area contributed by atoms with Crippen molar-refractivity contribution in [2.24, 2.45) is 0 Å². The van der Waals surface area contributed by atoms with E-state index in [4.69, 9.17) is 14.7 Å². The number of anilines is 1. The molecule has 5 rings (SSSR count). The molecule has 1 amide bonds. The molecule has 2 heterocycles. The molecule has 0 aliphatic heterocycles. The Kier molecular flexibility index (Phi) is 6.97. The first-order valence-corrected chi connectivity index (χ1v) is 13.2. The number of aryl methyl sites for hydroxylation is 1. The lowest BCUT2D eigenvalue weighted by Gasteiger charge is -2.15. The highest BCUT2D eigenvalue weighted by Gasteiger charge is 2.21. The van der Waals surface area contributed by atoms with Crippen LogP contribution >= 0.6 is 23.1 Å². The quantitative estimate of drug-likeness (QED) is 0.321. The standard InChI is InChI=1S/C26H26N4O2S2/c1-32-23-14-8-6-12-21(23)28-24(31)15-25-27-18(16-33-25)17-34-26-29-20-11-5-7-13-22(20)30(26)19-9-3-2-4-10-19/h2-4,6,8-10,12,14,16H,5,7,11,13,15,17H2,1H3,(H,28,31). The number of rotatable bonds is 8. The maximum absolute atomic E-state index is 12.5. The number of imidazole rings is 1. The second kappa shape index (κ2) is 10.4. The number of thiazole rings is 1. The second-order valence-corrected chi connectivity index (χ2v) is 10.00. The Balaban J connectivity index is 1.26. The van der Waals surface area contributed by atoms with Gasteiger partial charge in [0.1, 0.15) is 10.8 Å². The zero-order valence-corrected chi connectivity index (χ0v) is 20.6. The molecular weight excluding hydrogens is 464 g/mol. The summed E-state index contributed by atoms with van der Waals surface area (Å²) in [4.78, 5) is 22.2. The molecule has 34 heavy (non-hydrogen) atoms. The molecule has 1 N–H and O–H groups in total. The zero-order chi connectivity index (χ0) is 23.3. The predicted molar refractivity (Wildman–Crippen MR) is 137 cm³/mol. The van der Waals surface area contributed by atoms with Gasteiger partial charge in [-0.3, -0.25) is 9.36 Å². The van der Waals surface area contributed by atoms with E-state index in [1.165, 1.54) is 35.6 Å². The first-order valence-electron chi connectivity index (χ1n) is 11.4. The molecule has 0 saturated heterocycles. The van der Waals surface area contributed by atoms with Crippen LogP contribution in [-0.4, -0.2) is 27.6 Å². The van der Waals surface area contributed by atoms with Crippen LogP contribution in [0.3, 0.4) is 0 Å². The van der Waals surface area contributed by atoms with E-state index in [0.717, 1.165) is 34.4 Å². The molecule has 0 atom stereocenters. The summed E-state index contributed by atoms with van der Waals surface area (Å²) >= 11 is 3.22. The third kappa shape index (κ3) is 5.03. The van der Waals surface area contributed by atoms with E-state index >= 15 is 0 Å². The van der Waals surface area contributed by atoms with Gasteiger partial charge in [-0.05, 0) is 49.9 Å². The second-order valence-electron chi connectivity index (χ2n) is 8.11. The maximum atomic E-state index is 12.5. The Hall–Kier alpha value is -3.10. The number of ether oxygens (including phenoxy) is 1. The minimum atomic E-state index is -0.106. The lowest BCUT2D eigenvalue weighted by molar-refractivity contribution is -0.115. The lowest BCUT2D eigenvalue weighted by Crippen LogP contribution is -2.14. The van der Waals surface area contributed by atoms with Gasteiger partial charge in [0.15, 0.2) is 5.16 Å². The number of nitrogens with zero attached hydrogens (tertiary/aromatic N) is 3. The van der Waals surface area contributed by atoms with Crippen LogP contribution < -0.4 is 10.1 Å². The van der Waals surface area contributed by atoms with Gasteiger partial charge in [0, 0.05) is 22.5 Å². The Bertz CT molecular complexity index is 1280. The SMILES string of the molecule is COc1ccccc1NC(=O)Cc1nc(CSc2nc3c(n2-c2ccccc2)CCCC3)cs1. The van der Waals surface area contributed by atoms with Crippen molar-refractivity contribution in [1.29, 1.82) is 0 Å². The molecule has 2 aromatic heterocycles. The van der Waals surface area contributed by atoms with Gasteiger partial charge in [0.05, 0.1) is 30.6 Å². The van der Waals surface area contributed by atoms with E-state index in [1.807, 2.05) is 35.7 Å². The van der Waals surface area contributed by atoms with Crippen molar-refractivity contribution in [1.82, 2.24) is 14.5 Å². The van der Waals surface area contributed by atoms with Gasteiger partial charge < -0.3 is 10.1 Å². The smallest absolute Gasteiger partial charge is 0.231 e. The number of hydrogen-bond acceptors (Lipinski definition) is 6. The van der Waals surface area contributed by atoms with Crippen LogP contribution in [0.4, 0.5) is 5.69 Å². The fourth-order valence-electron chi connectivity index (χ4n) is 4.17. The molecular formula is C26H26N4O2S2. The summed E-state index contributed by atoms with van der Waals surface area (Å²) in [6, 6.07) is 17.9. The van der Waals surface area contributed by atoms with E-state index in [2.05, 4.69) is 34.1 Å². The first kappa shape index (κ1) is 22.7. The number of carbonyl (C=O) groups is 1. The van der Waals surface area contributed by atoms with Gasteiger partial charge in [0.2, 0.25) is 5.91 Å². The highest BCUT2D eigenvalue weighted by Crippen LogP contribution is 2.32. The van der Waals surface area contributed by atoms with Crippen molar-refractivity contribution >= 4 is 34.7 Å². The lowest BCUT2D eigenvalue weighted by atomic mass is 10.0. The molecule has 0 spiro atoms. The average Bonchev–Trinajstić information content (AvgIpc) is 3.47. The van der Waals surface area contributed by atoms with Crippen LogP contribution in [0.2, 0.25) is 0 Å². The van der Waals surface area contributed by atoms with Crippen LogP contribution in [0.25, 0.3) is 5.69 Å². The van der Waals surface area contributed by atoms with Gasteiger partial charge in [-0.2, -0.15) is 0 Å². The van der Waals surface area contributed by atoms with Crippen LogP contribution in [-0.2, 0) is 29.8 Å². The van der Waals surface area contributed by atoms with E-state index < -0.39 is 0 Å². The average molecular weight is 491 g/mol. The molecule has 174 valence electrons. The number of carbonyl (C=O) groups excluding carboxylic acids is 1. The summed E-state index contributed by atoms with van der Waals surface area (Å²) in [7, 11) is 1.59. The zero-order valence-electron chi connectivity index (χ0n) is 19.0. The summed E-state index contributed by atoms with van der Waals surface area (Å²) in [6.07, 6.45) is 4.77. The Labute approximate surface area is 207 Å². The molecule has 8 heteroatoms. The molecule has 0 unspecified atom stereocenters. The van der Waals surface area contributed by atoms with Crippen molar-refractivity contribution in [2.45, 2.75) is 43.0 Å². The molecule has 0 bridgehead atoms. The van der Waals surface area contributed by atoms with Gasteiger partial charge in [-0.25, -0.2) is 9.97 Å². The van der Waals surface area contributed by atoms with Crippen molar-refractivity contribution < 1.29 is 9.53 Å². The van der Waals surface area contributed by atoms with Crippen LogP contribution in [0.1, 0.15) is 34.9 Å². The minimum absolute atomic E-state index is 0.106. The van der Waals surface area contributed by atoms with E-state index in [-0.39, 0.29) is 12.3 Å². The number of para-hydroxylation sites is 3. The topological polar surface area (TPSA) is 69.0 Å². The summed E-state index contributed by atoms with van der Waals surface area (Å²) < 4.78 is 7.62. The van der Waals surface area contributed by atoms with Crippen LogP contribution in [0.15, 0.2) is 65.1 Å². The molecule has 1 aliphatic carbocycles. The van der Waals surface area contributed by atoms with Gasteiger partial charge in [-0.1, -0.05) is 42.1 Å². The Morgan fingerprint density at radius 1 is 1.09 bits per heavy atom. The molecule has 4 aromatic rings. The van der Waals surface area contributed by atoms with Crippen molar-refractivity contribution in [3.8, 4) is 11.4 Å². The number of thioether (sulfide) groups is 1. The van der Waals surface area contributed by atoms with Crippen molar-refractivity contribution in [3.05, 3.63) is 82.1 Å². The van der Waals surface area contributed by atoms with Crippen LogP contribution in [0.5, 0.6) is 5.75 Å². The summed E-state index contributed by atoms with van der Waals surface area (Å²) in [6.45, 7) is 0. The normalized spacial score (nSPS) is 12.9. The van der Waals surface area contributed by atoms with Gasteiger partial charge >= 0.3 is 0 Å². The molecule has 0 radical (unpaired) electrons. The largest absolute Gasteiger partial charge is 0.495 e. The number of nitrogens with one attached hydrogen (secondary N) is 1. The predicted octanol–water partition coefficient (Wildman–Crippen LogP) is 5.69. The fourth-order valence-corrected chi connectivity index (χ4v) is 6.01. The van der Waals surface area contributed by atoms with Crippen molar-refractivity contribution in [3.63, 3.8) is 0 Å². The third-order valence-electron chi connectivity index (χ3n) is 5.76. The molecule has 6 nitrogen and oxygen atoms in total. The molecule has 0 fully saturated rings. The number of amides is 1. The molecule has 2 aromatic carbocycles. The summed E-state index contributed by atoms with van der Waals surface area (Å²) in [5.41, 5.74) is 5.36. The number of aromatic nitrogens is 3. The van der Waals surface area contributed by atoms with Crippen molar-refractivity contribution in [2.75, 3.05) is 12.4 Å². The highest BCUT2D eigenvalue weighted by atomic mass is 32.2. The Morgan fingerprint density at radius 2 is 1.88 bits per heavy atom. The van der Waals surface area contributed by atoms with Crippen LogP contribution in [0, 0.1) is 0 Å². The Morgan fingerprint density at radius 3 is 2.74 bits per heavy atom. The number of benzene rings is 2. The van der Waals surface area contributed by atoms with E-state index in [0.29, 0.717) is 17.2 Å². The fraction of sp³-hybridized carbons (Fsp3) is 0.269. The number of methoxy groups -OCH3 is 1. The third-order valence-corrected chi connectivity index (χ3v) is 7.63. The van der Waals surface area contributed by atoms with E-state index in [9.17, 15) is 4.79 Å². The highest BCUT2D eigenvalue weighted by molar-refractivity contribution is 7.98. The summed E-state index contributed by atoms with van der Waals surface area (Å²) in [5, 5.41) is 6.77. The van der Waals surface area contributed by atoms with Gasteiger partial charge in [-0.15, -0.1) is 11.3 Å². The maximum Gasteiger partial charge on any atom is 0.231 e. The first-order chi connectivity index (χ1) is 16.7. The van der Waals surface area contributed by atoms with Gasteiger partial charge in [0.25, 0.3) is 0 Å². The molecule has 0 saturated carbocycles. The minimum Gasteiger partial charge on any atom is -0.495 e. The summed E-state index contributed by atoms with van der Waals surface area (Å²) in [5.74, 6) is 1.25. The molecule has 1 aliphatic rings.